The fraction of sp³-hybridized carbons (Fsp3) is 0. The van der Waals surface area contributed by atoms with Crippen LogP contribution in [0.2, 0.25) is 0 Å². The van der Waals surface area contributed by atoms with Gasteiger partial charge in [0.15, 0.2) is 0 Å². The van der Waals surface area contributed by atoms with E-state index in [-0.39, 0.29) is 0 Å². The average Bonchev–Trinajstić information content (AvgIpc) is 2.65. The van der Waals surface area contributed by atoms with E-state index in [1.165, 1.54) is 0 Å². The highest BCUT2D eigenvalue weighted by molar-refractivity contribution is 5.98. The van der Waals surface area contributed by atoms with E-state index < -0.39 is 0 Å². The number of aliphatic imine (C=N–C) groups is 1. The Balaban J connectivity index is 2.21. The molecule has 0 aliphatic carbocycles. The maximum Gasteiger partial charge on any atom is 0.0991 e. The summed E-state index contributed by atoms with van der Waals surface area (Å²) < 4.78 is 0. The van der Waals surface area contributed by atoms with Crippen LogP contribution in [0.25, 0.3) is 22.2 Å². The second-order valence-corrected chi connectivity index (χ2v) is 5.23. The zero-order valence-electron chi connectivity index (χ0n) is 13.1. The molecule has 0 aliphatic heterocycles. The fourth-order valence-electron chi connectivity index (χ4n) is 2.66. The summed E-state index contributed by atoms with van der Waals surface area (Å²) in [5.74, 6) is 0. The molecule has 0 atom stereocenters. The van der Waals surface area contributed by atoms with Gasteiger partial charge in [0.05, 0.1) is 22.8 Å². The normalized spacial score (nSPS) is 11.5. The quantitative estimate of drug-likeness (QED) is 0.392. The molecule has 3 aromatic rings. The number of allylic oxidation sites excluding steroid dienone is 2. The lowest BCUT2D eigenvalue weighted by molar-refractivity contribution is 1.41. The van der Waals surface area contributed by atoms with E-state index in [0.717, 1.165) is 27.6 Å². The average molecular weight is 309 g/mol. The van der Waals surface area contributed by atoms with Crippen molar-refractivity contribution in [2.45, 2.75) is 0 Å². The van der Waals surface area contributed by atoms with Crippen molar-refractivity contribution in [3.8, 4) is 6.07 Å². The van der Waals surface area contributed by atoms with Crippen molar-refractivity contribution in [1.82, 2.24) is 4.98 Å². The zero-order valence-corrected chi connectivity index (χ0v) is 13.1. The largest absolute Gasteiger partial charge is 0.263 e. The Bertz CT molecular complexity index is 1010. The third-order valence-corrected chi connectivity index (χ3v) is 3.80. The molecule has 3 heteroatoms. The van der Waals surface area contributed by atoms with Gasteiger partial charge in [0.2, 0.25) is 0 Å². The van der Waals surface area contributed by atoms with Gasteiger partial charge < -0.3 is 0 Å². The summed E-state index contributed by atoms with van der Waals surface area (Å²) in [5.41, 5.74) is 4.90. The number of benzene rings is 2. The van der Waals surface area contributed by atoms with Gasteiger partial charge in [0.1, 0.15) is 0 Å². The van der Waals surface area contributed by atoms with Crippen molar-refractivity contribution in [2.75, 3.05) is 0 Å². The maximum atomic E-state index is 9.11. The Kier molecular flexibility index (Phi) is 4.31. The number of rotatable bonds is 4. The maximum absolute atomic E-state index is 9.11. The fourth-order valence-corrected chi connectivity index (χ4v) is 2.66. The molecule has 0 spiro atoms. The summed E-state index contributed by atoms with van der Waals surface area (Å²) in [4.78, 5) is 8.53. The molecule has 0 radical (unpaired) electrons. The lowest BCUT2D eigenvalue weighted by Crippen LogP contribution is -1.90. The third-order valence-electron chi connectivity index (χ3n) is 3.80. The number of hydrogen-bond acceptors (Lipinski definition) is 3. The highest BCUT2D eigenvalue weighted by Gasteiger charge is 2.09. The first-order valence-corrected chi connectivity index (χ1v) is 7.46. The van der Waals surface area contributed by atoms with Crippen LogP contribution in [0.1, 0.15) is 16.7 Å². The molecule has 3 rings (SSSR count). The predicted octanol–water partition coefficient (Wildman–Crippen LogP) is 4.86. The summed E-state index contributed by atoms with van der Waals surface area (Å²) in [6.45, 7) is 7.63. The molecule has 0 saturated carbocycles. The SMILES string of the molecule is C=C/C(=C(\N=C)c1cccc(C#N)c1)c1ccc2ncccc2c1. The molecule has 24 heavy (non-hydrogen) atoms. The number of nitrogens with zero attached hydrogens (tertiary/aromatic N) is 3. The van der Waals surface area contributed by atoms with Gasteiger partial charge in [-0.2, -0.15) is 5.26 Å². The highest BCUT2D eigenvalue weighted by Crippen LogP contribution is 2.30. The van der Waals surface area contributed by atoms with Crippen LogP contribution < -0.4 is 0 Å². The van der Waals surface area contributed by atoms with E-state index in [1.54, 1.807) is 24.4 Å². The molecular weight excluding hydrogens is 294 g/mol. The summed E-state index contributed by atoms with van der Waals surface area (Å²) >= 11 is 0. The van der Waals surface area contributed by atoms with E-state index in [0.29, 0.717) is 11.3 Å². The van der Waals surface area contributed by atoms with Gasteiger partial charge in [-0.05, 0) is 42.6 Å². The summed E-state index contributed by atoms with van der Waals surface area (Å²) in [6, 6.07) is 19.4. The van der Waals surface area contributed by atoms with E-state index in [2.05, 4.69) is 35.4 Å². The minimum Gasteiger partial charge on any atom is -0.263 e. The van der Waals surface area contributed by atoms with Gasteiger partial charge in [-0.3, -0.25) is 9.98 Å². The summed E-state index contributed by atoms with van der Waals surface area (Å²) in [6.07, 6.45) is 3.54. The molecule has 114 valence electrons. The van der Waals surface area contributed by atoms with Gasteiger partial charge in [0.25, 0.3) is 0 Å². The van der Waals surface area contributed by atoms with Crippen LogP contribution in [0, 0.1) is 11.3 Å². The molecule has 1 heterocycles. The van der Waals surface area contributed by atoms with Crippen molar-refractivity contribution in [1.29, 1.82) is 5.26 Å². The number of hydrogen-bond donors (Lipinski definition) is 0. The minimum atomic E-state index is 0.583. The van der Waals surface area contributed by atoms with Gasteiger partial charge in [-0.15, -0.1) is 0 Å². The molecule has 0 unspecified atom stereocenters. The Morgan fingerprint density at radius 1 is 1.08 bits per heavy atom. The molecule has 0 bridgehead atoms. The van der Waals surface area contributed by atoms with Gasteiger partial charge in [-0.25, -0.2) is 0 Å². The molecule has 0 N–H and O–H groups in total. The lowest BCUT2D eigenvalue weighted by atomic mass is 9.97. The van der Waals surface area contributed by atoms with E-state index in [1.807, 2.05) is 36.4 Å². The van der Waals surface area contributed by atoms with E-state index in [9.17, 15) is 0 Å². The Morgan fingerprint density at radius 3 is 2.71 bits per heavy atom. The highest BCUT2D eigenvalue weighted by atomic mass is 14.7. The predicted molar refractivity (Wildman–Crippen MR) is 99.5 cm³/mol. The second kappa shape index (κ2) is 6.72. The molecule has 3 nitrogen and oxygen atoms in total. The van der Waals surface area contributed by atoms with Crippen LogP contribution in [0.3, 0.4) is 0 Å². The Morgan fingerprint density at radius 2 is 1.96 bits per heavy atom. The van der Waals surface area contributed by atoms with Gasteiger partial charge in [-0.1, -0.05) is 36.9 Å². The number of aromatic nitrogens is 1. The van der Waals surface area contributed by atoms with Crippen molar-refractivity contribution < 1.29 is 0 Å². The van der Waals surface area contributed by atoms with Crippen LogP contribution in [0.4, 0.5) is 0 Å². The Hall–Kier alpha value is -3.51. The smallest absolute Gasteiger partial charge is 0.0991 e. The van der Waals surface area contributed by atoms with E-state index in [4.69, 9.17) is 5.26 Å². The van der Waals surface area contributed by atoms with Crippen molar-refractivity contribution in [3.05, 3.63) is 90.1 Å². The minimum absolute atomic E-state index is 0.583. The monoisotopic (exact) mass is 309 g/mol. The van der Waals surface area contributed by atoms with Crippen LogP contribution in [0.15, 0.2) is 78.4 Å². The van der Waals surface area contributed by atoms with Gasteiger partial charge >= 0.3 is 0 Å². The van der Waals surface area contributed by atoms with Crippen molar-refractivity contribution >= 4 is 28.9 Å². The van der Waals surface area contributed by atoms with Crippen LogP contribution in [0.5, 0.6) is 0 Å². The molecule has 0 fully saturated rings. The van der Waals surface area contributed by atoms with E-state index >= 15 is 0 Å². The second-order valence-electron chi connectivity index (χ2n) is 5.23. The lowest BCUT2D eigenvalue weighted by Gasteiger charge is -2.10. The first-order chi connectivity index (χ1) is 11.8. The molecular formula is C21H15N3. The first-order valence-electron chi connectivity index (χ1n) is 7.46. The number of nitriles is 1. The zero-order chi connectivity index (χ0) is 16.9. The molecule has 0 amide bonds. The van der Waals surface area contributed by atoms with Crippen LogP contribution >= 0.6 is 0 Å². The number of pyridine rings is 1. The Labute approximate surface area is 140 Å². The number of fused-ring (bicyclic) bond motifs is 1. The topological polar surface area (TPSA) is 49.0 Å². The molecule has 2 aromatic carbocycles. The van der Waals surface area contributed by atoms with Crippen molar-refractivity contribution in [2.24, 2.45) is 4.99 Å². The summed E-state index contributed by atoms with van der Waals surface area (Å²) in [7, 11) is 0. The van der Waals surface area contributed by atoms with Crippen LogP contribution in [-0.4, -0.2) is 11.7 Å². The molecule has 0 aliphatic rings. The van der Waals surface area contributed by atoms with Crippen LogP contribution in [-0.2, 0) is 0 Å². The van der Waals surface area contributed by atoms with Crippen molar-refractivity contribution in [3.63, 3.8) is 0 Å². The first kappa shape index (κ1) is 15.4. The molecule has 0 saturated heterocycles. The molecule has 1 aromatic heterocycles. The third kappa shape index (κ3) is 2.86. The van der Waals surface area contributed by atoms with Gasteiger partial charge in [0, 0.05) is 22.7 Å². The summed E-state index contributed by atoms with van der Waals surface area (Å²) in [5, 5.41) is 10.2. The standard InChI is InChI=1S/C21H15N3/c1-3-19(16-9-10-20-17(13-16)8-5-11-24-20)21(23-2)18-7-4-6-15(12-18)14-22/h3-13H,1-2H2/b21-19+.